The summed E-state index contributed by atoms with van der Waals surface area (Å²) in [6.45, 7) is 9.95. The van der Waals surface area contributed by atoms with Gasteiger partial charge in [-0.3, -0.25) is 9.59 Å². The lowest BCUT2D eigenvalue weighted by atomic mass is 9.63. The van der Waals surface area contributed by atoms with E-state index in [9.17, 15) is 14.7 Å². The molecule has 4 N–H and O–H groups in total. The minimum atomic E-state index is -1.29. The summed E-state index contributed by atoms with van der Waals surface area (Å²) in [7, 11) is 3.24. The molecule has 234 valence electrons. The highest BCUT2D eigenvalue weighted by Crippen LogP contribution is 2.45. The molecule has 0 spiro atoms. The predicted octanol–water partition coefficient (Wildman–Crippen LogP) is 4.72. The molecule has 8 heteroatoms. The summed E-state index contributed by atoms with van der Waals surface area (Å²) in [5.74, 6) is 0.137. The third-order valence-corrected chi connectivity index (χ3v) is 8.20. The third-order valence-electron chi connectivity index (χ3n) is 8.20. The smallest absolute Gasteiger partial charge is 0.249 e. The normalized spacial score (nSPS) is 17.8. The molecule has 3 rings (SSSR count). The van der Waals surface area contributed by atoms with Gasteiger partial charge in [0, 0.05) is 37.7 Å². The molecule has 0 bridgehead atoms. The summed E-state index contributed by atoms with van der Waals surface area (Å²) in [5, 5.41) is 15.2. The molecule has 1 aliphatic carbocycles. The van der Waals surface area contributed by atoms with Gasteiger partial charge in [-0.15, -0.1) is 0 Å². The Morgan fingerprint density at radius 3 is 2.42 bits per heavy atom. The molecule has 0 radical (unpaired) electrons. The van der Waals surface area contributed by atoms with E-state index in [-0.39, 0.29) is 18.9 Å². The number of amides is 2. The minimum absolute atomic E-state index is 0.0840. The zero-order valence-corrected chi connectivity index (χ0v) is 26.6. The van der Waals surface area contributed by atoms with E-state index in [1.165, 1.54) is 0 Å². The van der Waals surface area contributed by atoms with Crippen molar-refractivity contribution in [3.05, 3.63) is 82.5 Å². The average molecular weight is 592 g/mol. The fourth-order valence-corrected chi connectivity index (χ4v) is 6.17. The summed E-state index contributed by atoms with van der Waals surface area (Å²) in [5.41, 5.74) is 9.19. The number of allylic oxidation sites excluding steroid dienone is 2. The Hall–Kier alpha value is -3.62. The second-order valence-corrected chi connectivity index (χ2v) is 11.6. The molecule has 1 aliphatic rings. The molecule has 0 heterocycles. The van der Waals surface area contributed by atoms with Gasteiger partial charge in [0.1, 0.15) is 11.5 Å². The monoisotopic (exact) mass is 591 g/mol. The van der Waals surface area contributed by atoms with Crippen LogP contribution in [0.25, 0.3) is 0 Å². The lowest BCUT2D eigenvalue weighted by Crippen LogP contribution is -2.51. The second kappa shape index (κ2) is 15.7. The summed E-state index contributed by atoms with van der Waals surface area (Å²) < 4.78 is 11.0. The number of aryl methyl sites for hydroxylation is 1. The lowest BCUT2D eigenvalue weighted by Gasteiger charge is -2.42. The Morgan fingerprint density at radius 1 is 1.07 bits per heavy atom. The molecule has 0 aliphatic heterocycles. The molecule has 0 saturated carbocycles. The molecule has 1 unspecified atom stereocenters. The number of methoxy groups -OCH3 is 2. The van der Waals surface area contributed by atoms with Gasteiger partial charge in [0.05, 0.1) is 25.7 Å². The van der Waals surface area contributed by atoms with Crippen molar-refractivity contribution in [1.82, 2.24) is 10.2 Å². The van der Waals surface area contributed by atoms with Gasteiger partial charge in [0.15, 0.2) is 0 Å². The fraction of sp³-hybridized carbons (Fsp3) is 0.486. The number of carbonyl (C=O) groups excluding carboxylic acids is 2. The Labute approximate surface area is 256 Å². The summed E-state index contributed by atoms with van der Waals surface area (Å²) in [6.07, 6.45) is 4.87. The van der Waals surface area contributed by atoms with Crippen molar-refractivity contribution < 1.29 is 24.2 Å². The van der Waals surface area contributed by atoms with Gasteiger partial charge in [-0.05, 0) is 68.9 Å². The molecule has 3 atom stereocenters. The number of aliphatic hydroxyl groups excluding tert-OH is 1. The number of carbonyl (C=O) groups is 2. The van der Waals surface area contributed by atoms with Crippen LogP contribution in [0.15, 0.2) is 65.8 Å². The van der Waals surface area contributed by atoms with E-state index in [0.717, 1.165) is 40.9 Å². The topological polar surface area (TPSA) is 114 Å². The fourth-order valence-electron chi connectivity index (χ4n) is 6.17. The lowest BCUT2D eigenvalue weighted by molar-refractivity contribution is -0.132. The Bertz CT molecular complexity index is 1310. The zero-order valence-electron chi connectivity index (χ0n) is 26.6. The van der Waals surface area contributed by atoms with E-state index >= 15 is 0 Å². The zero-order chi connectivity index (χ0) is 31.6. The number of nitrogens with zero attached hydrogens (tertiary/aromatic N) is 1. The molecular weight excluding hydrogens is 542 g/mol. The first-order valence-corrected chi connectivity index (χ1v) is 15.2. The Balaban J connectivity index is 2.01. The van der Waals surface area contributed by atoms with E-state index in [1.54, 1.807) is 14.2 Å². The van der Waals surface area contributed by atoms with Gasteiger partial charge in [0.2, 0.25) is 11.8 Å². The quantitative estimate of drug-likeness (QED) is 0.260. The highest BCUT2D eigenvalue weighted by Gasteiger charge is 2.48. The SMILES string of the molecule is CCCN(CCC)C(=O)C1=CC(C)=CC(C(N)=O)([C@H](Cc2cc(C)ccc2OC)[C@@H](O)CNCc2cccc(OC)c2)C1. The maximum atomic E-state index is 13.8. The van der Waals surface area contributed by atoms with Gasteiger partial charge in [0.25, 0.3) is 0 Å². The minimum Gasteiger partial charge on any atom is -0.497 e. The van der Waals surface area contributed by atoms with E-state index in [1.807, 2.05) is 87.2 Å². The molecular formula is C35H49N3O5. The van der Waals surface area contributed by atoms with Gasteiger partial charge < -0.3 is 30.5 Å². The van der Waals surface area contributed by atoms with Crippen LogP contribution < -0.4 is 20.5 Å². The largest absolute Gasteiger partial charge is 0.497 e. The Morgan fingerprint density at radius 2 is 1.79 bits per heavy atom. The van der Waals surface area contributed by atoms with Crippen LogP contribution in [0.1, 0.15) is 56.7 Å². The average Bonchev–Trinajstić information content (AvgIpc) is 2.99. The first-order chi connectivity index (χ1) is 20.6. The van der Waals surface area contributed by atoms with Crippen molar-refractivity contribution in [1.29, 1.82) is 0 Å². The molecule has 0 saturated heterocycles. The highest BCUT2D eigenvalue weighted by molar-refractivity contribution is 5.97. The number of primary amides is 1. The second-order valence-electron chi connectivity index (χ2n) is 11.6. The van der Waals surface area contributed by atoms with Crippen LogP contribution in [0, 0.1) is 18.3 Å². The number of hydrogen-bond donors (Lipinski definition) is 3. The number of ether oxygens (including phenoxy) is 2. The van der Waals surface area contributed by atoms with Gasteiger partial charge in [-0.2, -0.15) is 0 Å². The van der Waals surface area contributed by atoms with Gasteiger partial charge >= 0.3 is 0 Å². The van der Waals surface area contributed by atoms with E-state index < -0.39 is 23.3 Å². The summed E-state index contributed by atoms with van der Waals surface area (Å²) >= 11 is 0. The van der Waals surface area contributed by atoms with Crippen molar-refractivity contribution in [2.45, 2.75) is 66.0 Å². The summed E-state index contributed by atoms with van der Waals surface area (Å²) in [4.78, 5) is 29.2. The predicted molar refractivity (Wildman–Crippen MR) is 171 cm³/mol. The summed E-state index contributed by atoms with van der Waals surface area (Å²) in [6, 6.07) is 13.6. The number of benzene rings is 2. The number of hydrogen-bond acceptors (Lipinski definition) is 6. The van der Waals surface area contributed by atoms with Crippen LogP contribution in [0.5, 0.6) is 11.5 Å². The van der Waals surface area contributed by atoms with Crippen LogP contribution in [-0.4, -0.2) is 61.8 Å². The number of nitrogens with two attached hydrogens (primary N) is 1. The van der Waals surface area contributed by atoms with E-state index in [4.69, 9.17) is 15.2 Å². The van der Waals surface area contributed by atoms with Crippen molar-refractivity contribution in [3.63, 3.8) is 0 Å². The van der Waals surface area contributed by atoms with Gasteiger partial charge in [-0.25, -0.2) is 0 Å². The maximum Gasteiger partial charge on any atom is 0.249 e. The molecule has 8 nitrogen and oxygen atoms in total. The number of aliphatic hydroxyl groups is 1. The van der Waals surface area contributed by atoms with E-state index in [0.29, 0.717) is 37.4 Å². The standard InChI is InChI=1S/C35H49N3O5/c1-7-14-38(15-8-2)33(40)28-17-25(4)20-35(21-28,34(36)41)30(19-27-16-24(3)12-13-32(27)43-6)31(39)23-37-22-26-10-9-11-29(18-26)42-5/h9-13,16-18,20,30-31,37,39H,7-8,14-15,19,21-23H2,1-6H3,(H2,36,41)/t30-,31+,35?/m1/s1. The maximum absolute atomic E-state index is 13.8. The van der Waals surface area contributed by atoms with E-state index in [2.05, 4.69) is 5.32 Å². The Kier molecular flexibility index (Phi) is 12.4. The number of nitrogens with one attached hydrogen (secondary N) is 1. The molecule has 2 amide bonds. The molecule has 2 aromatic carbocycles. The van der Waals surface area contributed by atoms with Crippen LogP contribution in [0.2, 0.25) is 0 Å². The van der Waals surface area contributed by atoms with Crippen LogP contribution in [0.3, 0.4) is 0 Å². The van der Waals surface area contributed by atoms with Crippen molar-refractivity contribution in [2.75, 3.05) is 33.9 Å². The van der Waals surface area contributed by atoms with Crippen LogP contribution in [-0.2, 0) is 22.6 Å². The van der Waals surface area contributed by atoms with Crippen molar-refractivity contribution in [2.24, 2.45) is 17.1 Å². The van der Waals surface area contributed by atoms with Crippen molar-refractivity contribution in [3.8, 4) is 11.5 Å². The first-order valence-electron chi connectivity index (χ1n) is 15.2. The van der Waals surface area contributed by atoms with Crippen molar-refractivity contribution >= 4 is 11.8 Å². The van der Waals surface area contributed by atoms with Gasteiger partial charge in [-0.1, -0.05) is 61.4 Å². The molecule has 0 aromatic heterocycles. The first kappa shape index (κ1) is 33.9. The number of rotatable bonds is 16. The molecule has 43 heavy (non-hydrogen) atoms. The third kappa shape index (κ3) is 8.48. The molecule has 0 fully saturated rings. The molecule has 2 aromatic rings. The van der Waals surface area contributed by atoms with Crippen LogP contribution in [0.4, 0.5) is 0 Å². The highest BCUT2D eigenvalue weighted by atomic mass is 16.5. The van der Waals surface area contributed by atoms with Crippen LogP contribution >= 0.6 is 0 Å².